The van der Waals surface area contributed by atoms with Crippen LogP contribution in [-0.4, -0.2) is 29.9 Å². The van der Waals surface area contributed by atoms with E-state index >= 15 is 0 Å². The van der Waals surface area contributed by atoms with Crippen molar-refractivity contribution in [1.82, 2.24) is 4.90 Å². The molecule has 2 aliphatic heterocycles. The second kappa shape index (κ2) is 6.20. The van der Waals surface area contributed by atoms with Gasteiger partial charge in [0.2, 0.25) is 5.91 Å². The summed E-state index contributed by atoms with van der Waals surface area (Å²) in [6, 6.07) is 11.9. The quantitative estimate of drug-likeness (QED) is 0.731. The van der Waals surface area contributed by atoms with Crippen LogP contribution in [0.2, 0.25) is 0 Å². The summed E-state index contributed by atoms with van der Waals surface area (Å²) in [5, 5.41) is 2.07. The number of amides is 1. The number of carbonyl (C=O) groups excluding carboxylic acids is 2. The highest BCUT2D eigenvalue weighted by Gasteiger charge is 2.51. The smallest absolute Gasteiger partial charge is 0.339 e. The number of benzene rings is 1. The number of piperidine rings is 1. The molecular weight excluding hydrogens is 358 g/mol. The number of hydrogen-bond donors (Lipinski definition) is 0. The summed E-state index contributed by atoms with van der Waals surface area (Å²) in [5.74, 6) is 0.0473. The monoisotopic (exact) mass is 381 g/mol. The molecule has 1 aromatic heterocycles. The van der Waals surface area contributed by atoms with Crippen molar-refractivity contribution in [2.75, 3.05) is 13.1 Å². The maximum atomic E-state index is 13.6. The molecule has 1 aromatic carbocycles. The van der Waals surface area contributed by atoms with Crippen LogP contribution in [0.15, 0.2) is 41.8 Å². The van der Waals surface area contributed by atoms with Gasteiger partial charge in [0.15, 0.2) is 0 Å². The van der Waals surface area contributed by atoms with Crippen LogP contribution >= 0.6 is 11.3 Å². The van der Waals surface area contributed by atoms with Crippen molar-refractivity contribution in [2.45, 2.75) is 49.5 Å². The molecule has 27 heavy (non-hydrogen) atoms. The van der Waals surface area contributed by atoms with Gasteiger partial charge in [-0.15, -0.1) is 11.3 Å². The first-order chi connectivity index (χ1) is 13.1. The minimum absolute atomic E-state index is 0.226. The van der Waals surface area contributed by atoms with Crippen LogP contribution in [0.5, 0.6) is 0 Å². The van der Waals surface area contributed by atoms with Gasteiger partial charge in [0, 0.05) is 36.4 Å². The van der Waals surface area contributed by atoms with E-state index in [1.165, 1.54) is 4.88 Å². The molecule has 0 N–H and O–H groups in total. The van der Waals surface area contributed by atoms with Crippen LogP contribution in [0.1, 0.15) is 59.3 Å². The molecule has 3 heterocycles. The predicted molar refractivity (Wildman–Crippen MR) is 104 cm³/mol. The molecule has 5 rings (SSSR count). The molecule has 140 valence electrons. The van der Waals surface area contributed by atoms with Gasteiger partial charge in [-0.2, -0.15) is 0 Å². The zero-order valence-electron chi connectivity index (χ0n) is 15.3. The molecule has 2 aromatic rings. The number of carbonyl (C=O) groups is 2. The van der Waals surface area contributed by atoms with Crippen molar-refractivity contribution in [2.24, 2.45) is 0 Å². The van der Waals surface area contributed by atoms with E-state index in [1.54, 1.807) is 11.3 Å². The van der Waals surface area contributed by atoms with E-state index in [1.807, 2.05) is 35.2 Å². The lowest BCUT2D eigenvalue weighted by Gasteiger charge is -2.42. The lowest BCUT2D eigenvalue weighted by molar-refractivity contribution is -0.141. The molecule has 1 aliphatic carbocycles. The van der Waals surface area contributed by atoms with E-state index in [-0.39, 0.29) is 17.3 Å². The molecule has 0 unspecified atom stereocenters. The highest BCUT2D eigenvalue weighted by molar-refractivity contribution is 7.10. The summed E-state index contributed by atoms with van der Waals surface area (Å²) in [6.07, 6.45) is 5.50. The number of hydrogen-bond acceptors (Lipinski definition) is 4. The van der Waals surface area contributed by atoms with Gasteiger partial charge in [-0.3, -0.25) is 4.79 Å². The Hall–Kier alpha value is -2.14. The molecule has 1 saturated heterocycles. The fourth-order valence-corrected chi connectivity index (χ4v) is 6.16. The number of nitrogens with zero attached hydrogens (tertiary/aromatic N) is 1. The third kappa shape index (κ3) is 2.48. The van der Waals surface area contributed by atoms with Crippen molar-refractivity contribution >= 4 is 23.2 Å². The molecule has 0 bridgehead atoms. The number of likely N-dealkylation sites (tertiary alicyclic amines) is 1. The second-order valence-electron chi connectivity index (χ2n) is 7.99. The van der Waals surface area contributed by atoms with E-state index in [0.717, 1.165) is 31.2 Å². The minimum Gasteiger partial charge on any atom is -0.450 e. The Bertz CT molecular complexity index is 875. The van der Waals surface area contributed by atoms with Crippen LogP contribution in [0.3, 0.4) is 0 Å². The van der Waals surface area contributed by atoms with E-state index in [4.69, 9.17) is 4.74 Å². The highest BCUT2D eigenvalue weighted by Crippen LogP contribution is 2.47. The number of fused-ring (bicyclic) bond motifs is 2. The van der Waals surface area contributed by atoms with Crippen molar-refractivity contribution in [3.63, 3.8) is 0 Å². The number of thiophene rings is 1. The first-order valence-electron chi connectivity index (χ1n) is 9.81. The average molecular weight is 381 g/mol. The van der Waals surface area contributed by atoms with E-state index in [0.29, 0.717) is 31.5 Å². The topological polar surface area (TPSA) is 46.6 Å². The molecule has 0 radical (unpaired) electrons. The molecule has 5 heteroatoms. The second-order valence-corrected chi connectivity index (χ2v) is 8.94. The van der Waals surface area contributed by atoms with Crippen molar-refractivity contribution < 1.29 is 14.3 Å². The van der Waals surface area contributed by atoms with Gasteiger partial charge in [-0.05, 0) is 30.4 Å². The van der Waals surface area contributed by atoms with Crippen molar-refractivity contribution in [1.29, 1.82) is 0 Å². The maximum Gasteiger partial charge on any atom is 0.339 e. The number of ether oxygens (including phenoxy) is 1. The van der Waals surface area contributed by atoms with Crippen LogP contribution in [-0.2, 0) is 20.5 Å². The first kappa shape index (κ1) is 17.0. The minimum atomic E-state index is -0.545. The molecule has 0 atom stereocenters. The number of rotatable bonds is 2. The summed E-state index contributed by atoms with van der Waals surface area (Å²) >= 11 is 1.70. The van der Waals surface area contributed by atoms with Crippen LogP contribution < -0.4 is 0 Å². The van der Waals surface area contributed by atoms with Gasteiger partial charge in [-0.25, -0.2) is 4.79 Å². The Morgan fingerprint density at radius 1 is 1.00 bits per heavy atom. The zero-order valence-corrected chi connectivity index (χ0v) is 16.1. The molecule has 2 fully saturated rings. The summed E-state index contributed by atoms with van der Waals surface area (Å²) in [6.45, 7) is 1.29. The summed E-state index contributed by atoms with van der Waals surface area (Å²) in [7, 11) is 0. The molecule has 1 saturated carbocycles. The van der Waals surface area contributed by atoms with Gasteiger partial charge >= 0.3 is 5.97 Å². The van der Waals surface area contributed by atoms with Gasteiger partial charge in [0.25, 0.3) is 0 Å². The molecule has 1 spiro atoms. The fraction of sp³-hybridized carbons (Fsp3) is 0.455. The zero-order chi connectivity index (χ0) is 18.5. The normalized spacial score (nSPS) is 22.7. The largest absolute Gasteiger partial charge is 0.450 e. The van der Waals surface area contributed by atoms with Crippen LogP contribution in [0, 0.1) is 0 Å². The third-order valence-corrected chi connectivity index (χ3v) is 7.72. The Balaban J connectivity index is 1.38. The Labute approximate surface area is 163 Å². The van der Waals surface area contributed by atoms with E-state index < -0.39 is 5.60 Å². The molecule has 1 amide bonds. The SMILES string of the molecule is O=C1OC2(CCN(C(=O)C3(c4cccs4)CCCC3)CC2)c2ccccc21. The lowest BCUT2D eigenvalue weighted by atomic mass is 9.80. The van der Waals surface area contributed by atoms with Crippen LogP contribution in [0.25, 0.3) is 0 Å². The standard InChI is InChI=1S/C22H23NO3S/c24-19-16-6-1-2-7-17(16)22(26-19)11-13-23(14-12-22)20(25)21(9-3-4-10-21)18-8-5-15-27-18/h1-2,5-8,15H,3-4,9-14H2. The van der Waals surface area contributed by atoms with Crippen LogP contribution in [0.4, 0.5) is 0 Å². The first-order valence-corrected chi connectivity index (χ1v) is 10.7. The van der Waals surface area contributed by atoms with Crippen molar-refractivity contribution in [3.8, 4) is 0 Å². The highest BCUT2D eigenvalue weighted by atomic mass is 32.1. The van der Waals surface area contributed by atoms with E-state index in [2.05, 4.69) is 11.4 Å². The van der Waals surface area contributed by atoms with Crippen molar-refractivity contribution in [3.05, 3.63) is 57.8 Å². The van der Waals surface area contributed by atoms with E-state index in [9.17, 15) is 9.59 Å². The van der Waals surface area contributed by atoms with Gasteiger partial charge in [-0.1, -0.05) is 37.1 Å². The third-order valence-electron chi connectivity index (χ3n) is 6.64. The Morgan fingerprint density at radius 3 is 2.44 bits per heavy atom. The summed E-state index contributed by atoms with van der Waals surface area (Å²) in [5.41, 5.74) is 0.804. The Kier molecular flexibility index (Phi) is 3.90. The summed E-state index contributed by atoms with van der Waals surface area (Å²) in [4.78, 5) is 29.1. The van der Waals surface area contributed by atoms with Gasteiger partial charge in [0.1, 0.15) is 5.60 Å². The van der Waals surface area contributed by atoms with Gasteiger partial charge in [0.05, 0.1) is 11.0 Å². The maximum absolute atomic E-state index is 13.6. The average Bonchev–Trinajstić information content (AvgIpc) is 3.44. The number of esters is 1. The molecular formula is C22H23NO3S. The van der Waals surface area contributed by atoms with Gasteiger partial charge < -0.3 is 9.64 Å². The Morgan fingerprint density at radius 2 is 1.74 bits per heavy atom. The fourth-order valence-electron chi connectivity index (χ4n) is 5.19. The predicted octanol–water partition coefficient (Wildman–Crippen LogP) is 4.25. The lowest BCUT2D eigenvalue weighted by Crippen LogP contribution is -2.51. The summed E-state index contributed by atoms with van der Waals surface area (Å²) < 4.78 is 5.84. The molecule has 4 nitrogen and oxygen atoms in total. The molecule has 3 aliphatic rings.